The first-order chi connectivity index (χ1) is 13.9. The summed E-state index contributed by atoms with van der Waals surface area (Å²) in [5.41, 5.74) is 1.82. The minimum atomic E-state index is -0.454. The third kappa shape index (κ3) is 3.99. The standard InChI is InChI=1S/C22H27ClFN3OS/c1-14-5-4-8-22(14)9-11-27(12-10-22)20-17(13-28)26-21(15(2)25-20)29-18-7-3-6-16(24)19(18)23/h3,6-7,14,28H,4-5,8-13H2,1-2H3/t14-/m1/s1. The lowest BCUT2D eigenvalue weighted by molar-refractivity contribution is 0.161. The fourth-order valence-corrected chi connectivity index (χ4v) is 6.00. The summed E-state index contributed by atoms with van der Waals surface area (Å²) in [7, 11) is 0. The molecule has 1 spiro atoms. The normalized spacial score (nSPS) is 21.1. The molecule has 2 fully saturated rings. The molecule has 4 rings (SSSR count). The molecule has 1 aliphatic heterocycles. The highest BCUT2D eigenvalue weighted by Crippen LogP contribution is 2.50. The van der Waals surface area contributed by atoms with E-state index in [0.717, 1.165) is 30.5 Å². The van der Waals surface area contributed by atoms with Crippen molar-refractivity contribution in [1.29, 1.82) is 0 Å². The molecule has 4 nitrogen and oxygen atoms in total. The van der Waals surface area contributed by atoms with Crippen LogP contribution in [0.15, 0.2) is 28.1 Å². The number of nitrogens with zero attached hydrogens (tertiary/aromatic N) is 3. The molecule has 2 aliphatic rings. The molecule has 1 saturated carbocycles. The molecule has 0 unspecified atom stereocenters. The zero-order chi connectivity index (χ0) is 20.6. The highest BCUT2D eigenvalue weighted by atomic mass is 35.5. The van der Waals surface area contributed by atoms with Gasteiger partial charge in [0.25, 0.3) is 0 Å². The Hall–Kier alpha value is -1.37. The van der Waals surface area contributed by atoms with Crippen molar-refractivity contribution in [3.05, 3.63) is 40.4 Å². The van der Waals surface area contributed by atoms with Crippen LogP contribution in [0.25, 0.3) is 0 Å². The molecule has 0 amide bonds. The molecular weight excluding hydrogens is 409 g/mol. The number of halogens is 2. The molecule has 29 heavy (non-hydrogen) atoms. The average Bonchev–Trinajstić information content (AvgIpc) is 3.07. The van der Waals surface area contributed by atoms with Crippen molar-refractivity contribution in [2.24, 2.45) is 11.3 Å². The molecule has 1 aromatic heterocycles. The molecule has 1 aliphatic carbocycles. The van der Waals surface area contributed by atoms with Crippen LogP contribution in [0.1, 0.15) is 50.4 Å². The van der Waals surface area contributed by atoms with Crippen LogP contribution < -0.4 is 4.90 Å². The Morgan fingerprint density at radius 2 is 2.03 bits per heavy atom. The Morgan fingerprint density at radius 3 is 2.69 bits per heavy atom. The number of rotatable bonds is 4. The fraction of sp³-hybridized carbons (Fsp3) is 0.545. The molecule has 2 heterocycles. The summed E-state index contributed by atoms with van der Waals surface area (Å²) in [6.45, 7) is 6.03. The summed E-state index contributed by atoms with van der Waals surface area (Å²) in [5, 5.41) is 10.7. The predicted molar refractivity (Wildman–Crippen MR) is 115 cm³/mol. The van der Waals surface area contributed by atoms with Crippen LogP contribution in [0, 0.1) is 24.1 Å². The van der Waals surface area contributed by atoms with Gasteiger partial charge in [-0.3, -0.25) is 0 Å². The third-order valence-corrected chi connectivity index (χ3v) is 8.40. The maximum Gasteiger partial charge on any atom is 0.153 e. The Morgan fingerprint density at radius 1 is 1.28 bits per heavy atom. The number of aryl methyl sites for hydroxylation is 1. The SMILES string of the molecule is Cc1nc(N2CCC3(CCC[C@H]3C)CC2)c(CO)nc1Sc1cccc(F)c1Cl. The lowest BCUT2D eigenvalue weighted by Crippen LogP contribution is -2.42. The van der Waals surface area contributed by atoms with Crippen LogP contribution in [0.5, 0.6) is 0 Å². The smallest absolute Gasteiger partial charge is 0.153 e. The number of benzene rings is 1. The largest absolute Gasteiger partial charge is 0.390 e. The quantitative estimate of drug-likeness (QED) is 0.674. The minimum absolute atomic E-state index is 0.0836. The maximum absolute atomic E-state index is 13.8. The molecule has 1 N–H and O–H groups in total. The highest BCUT2D eigenvalue weighted by Gasteiger charge is 2.42. The lowest BCUT2D eigenvalue weighted by Gasteiger charge is -2.43. The Balaban J connectivity index is 1.56. The van der Waals surface area contributed by atoms with E-state index >= 15 is 0 Å². The molecule has 1 saturated heterocycles. The van der Waals surface area contributed by atoms with Crippen molar-refractivity contribution >= 4 is 29.2 Å². The number of hydrogen-bond donors (Lipinski definition) is 1. The first-order valence-electron chi connectivity index (χ1n) is 10.3. The van der Waals surface area contributed by atoms with Crippen molar-refractivity contribution in [1.82, 2.24) is 9.97 Å². The van der Waals surface area contributed by atoms with Gasteiger partial charge in [0.15, 0.2) is 5.82 Å². The van der Waals surface area contributed by atoms with E-state index < -0.39 is 5.82 Å². The Bertz CT molecular complexity index is 902. The van der Waals surface area contributed by atoms with Gasteiger partial charge in [-0.1, -0.05) is 49.2 Å². The predicted octanol–water partition coefficient (Wildman–Crippen LogP) is 5.63. The van der Waals surface area contributed by atoms with Crippen LogP contribution in [-0.2, 0) is 6.61 Å². The van der Waals surface area contributed by atoms with E-state index in [9.17, 15) is 9.50 Å². The second-order valence-electron chi connectivity index (χ2n) is 8.34. The number of aromatic nitrogens is 2. The number of anilines is 1. The maximum atomic E-state index is 13.8. The molecule has 1 atom stereocenters. The Kier molecular flexibility index (Phi) is 6.05. The Labute approximate surface area is 180 Å². The second-order valence-corrected chi connectivity index (χ2v) is 9.75. The summed E-state index contributed by atoms with van der Waals surface area (Å²) >= 11 is 7.37. The zero-order valence-corrected chi connectivity index (χ0v) is 18.5. The average molecular weight is 436 g/mol. The first-order valence-corrected chi connectivity index (χ1v) is 11.5. The topological polar surface area (TPSA) is 49.2 Å². The minimum Gasteiger partial charge on any atom is -0.390 e. The number of hydrogen-bond acceptors (Lipinski definition) is 5. The van der Waals surface area contributed by atoms with E-state index in [-0.39, 0.29) is 11.6 Å². The van der Waals surface area contributed by atoms with Crippen LogP contribution >= 0.6 is 23.4 Å². The zero-order valence-electron chi connectivity index (χ0n) is 16.9. The van der Waals surface area contributed by atoms with Crippen molar-refractivity contribution in [3.8, 4) is 0 Å². The summed E-state index contributed by atoms with van der Waals surface area (Å²) in [4.78, 5) is 12.3. The van der Waals surface area contributed by atoms with Crippen LogP contribution in [0.3, 0.4) is 0 Å². The van der Waals surface area contributed by atoms with E-state index in [1.165, 1.54) is 49.9 Å². The van der Waals surface area contributed by atoms with Gasteiger partial charge in [0.1, 0.15) is 16.5 Å². The first kappa shape index (κ1) is 20.9. The van der Waals surface area contributed by atoms with Gasteiger partial charge in [-0.2, -0.15) is 0 Å². The van der Waals surface area contributed by atoms with Gasteiger partial charge >= 0.3 is 0 Å². The van der Waals surface area contributed by atoms with Crippen molar-refractivity contribution in [2.45, 2.75) is 62.5 Å². The summed E-state index contributed by atoms with van der Waals surface area (Å²) in [6, 6.07) is 4.72. The van der Waals surface area contributed by atoms with Gasteiger partial charge in [0.05, 0.1) is 17.3 Å². The van der Waals surface area contributed by atoms with E-state index in [1.807, 2.05) is 6.92 Å². The van der Waals surface area contributed by atoms with E-state index in [1.54, 1.807) is 12.1 Å². The number of aliphatic hydroxyl groups is 1. The van der Waals surface area contributed by atoms with Crippen LogP contribution in [0.2, 0.25) is 5.02 Å². The van der Waals surface area contributed by atoms with E-state index in [4.69, 9.17) is 16.6 Å². The van der Waals surface area contributed by atoms with Crippen LogP contribution in [-0.4, -0.2) is 28.2 Å². The molecule has 156 valence electrons. The molecular formula is C22H27ClFN3OS. The third-order valence-electron chi connectivity index (χ3n) is 6.77. The summed E-state index contributed by atoms with van der Waals surface area (Å²) in [6.07, 6.45) is 6.37. The molecule has 7 heteroatoms. The number of piperidine rings is 1. The van der Waals surface area contributed by atoms with Crippen molar-refractivity contribution in [2.75, 3.05) is 18.0 Å². The van der Waals surface area contributed by atoms with Crippen LogP contribution in [0.4, 0.5) is 10.2 Å². The summed E-state index contributed by atoms with van der Waals surface area (Å²) < 4.78 is 13.8. The molecule has 2 aromatic rings. The van der Waals surface area contributed by atoms with E-state index in [2.05, 4.69) is 16.8 Å². The molecule has 0 bridgehead atoms. The highest BCUT2D eigenvalue weighted by molar-refractivity contribution is 7.99. The second kappa shape index (κ2) is 8.40. The van der Waals surface area contributed by atoms with Gasteiger partial charge in [-0.05, 0) is 49.7 Å². The lowest BCUT2D eigenvalue weighted by atomic mass is 9.71. The fourth-order valence-electron chi connectivity index (χ4n) is 4.87. The van der Waals surface area contributed by atoms with Gasteiger partial charge < -0.3 is 10.0 Å². The monoisotopic (exact) mass is 435 g/mol. The van der Waals surface area contributed by atoms with Gasteiger partial charge in [0, 0.05) is 18.0 Å². The van der Waals surface area contributed by atoms with Crippen molar-refractivity contribution < 1.29 is 9.50 Å². The molecule has 1 aromatic carbocycles. The van der Waals surface area contributed by atoms with Crippen molar-refractivity contribution in [3.63, 3.8) is 0 Å². The van der Waals surface area contributed by atoms with Gasteiger partial charge in [0.2, 0.25) is 0 Å². The van der Waals surface area contributed by atoms with E-state index in [0.29, 0.717) is 21.0 Å². The van der Waals surface area contributed by atoms with Gasteiger partial charge in [-0.25, -0.2) is 14.4 Å². The summed E-state index contributed by atoms with van der Waals surface area (Å²) in [5.74, 6) is 1.12. The molecule has 0 radical (unpaired) electrons. The number of aliphatic hydroxyl groups excluding tert-OH is 1. The van der Waals surface area contributed by atoms with Gasteiger partial charge in [-0.15, -0.1) is 0 Å².